The Kier molecular flexibility index (Phi) is 7.72. The lowest BCUT2D eigenvalue weighted by molar-refractivity contribution is 1.11. The van der Waals surface area contributed by atoms with Crippen LogP contribution in [0.1, 0.15) is 5.56 Å². The van der Waals surface area contributed by atoms with Crippen LogP contribution in [-0.2, 0) is 6.54 Å². The van der Waals surface area contributed by atoms with Crippen LogP contribution < -0.4 is 5.32 Å². The van der Waals surface area contributed by atoms with E-state index in [0.29, 0.717) is 0 Å². The number of anilines is 1. The third-order valence-corrected chi connectivity index (χ3v) is 2.26. The molecule has 0 aliphatic rings. The van der Waals surface area contributed by atoms with Crippen molar-refractivity contribution in [1.82, 2.24) is 4.98 Å². The summed E-state index contributed by atoms with van der Waals surface area (Å²) >= 11 is 5.88. The van der Waals surface area contributed by atoms with Gasteiger partial charge >= 0.3 is 0 Å². The van der Waals surface area contributed by atoms with Gasteiger partial charge < -0.3 is 5.32 Å². The highest BCUT2D eigenvalue weighted by molar-refractivity contribution is 6.30. The zero-order valence-electron chi connectivity index (χ0n) is 8.97. The molecule has 2 rings (SSSR count). The molecule has 0 unspecified atom stereocenters. The molecule has 17 heavy (non-hydrogen) atoms. The second-order valence-corrected chi connectivity index (χ2v) is 3.63. The lowest BCUT2D eigenvalue weighted by Gasteiger charge is -2.05. The highest BCUT2D eigenvalue weighted by Gasteiger charge is 1.94. The molecule has 0 fully saturated rings. The van der Waals surface area contributed by atoms with Crippen molar-refractivity contribution >= 4 is 42.2 Å². The van der Waals surface area contributed by atoms with E-state index in [1.54, 1.807) is 6.20 Å². The number of pyridine rings is 1. The summed E-state index contributed by atoms with van der Waals surface area (Å²) in [7, 11) is 0. The minimum atomic E-state index is 0. The summed E-state index contributed by atoms with van der Waals surface area (Å²) in [5.41, 5.74) is 1.15. The van der Waals surface area contributed by atoms with Crippen molar-refractivity contribution in [3.8, 4) is 0 Å². The number of rotatable bonds is 3. The van der Waals surface area contributed by atoms with Crippen LogP contribution in [0.2, 0.25) is 5.02 Å². The molecule has 2 aromatic rings. The van der Waals surface area contributed by atoms with E-state index in [-0.39, 0.29) is 24.8 Å². The smallest absolute Gasteiger partial charge is 0.126 e. The summed E-state index contributed by atoms with van der Waals surface area (Å²) in [4.78, 5) is 4.17. The van der Waals surface area contributed by atoms with E-state index in [4.69, 9.17) is 11.6 Å². The van der Waals surface area contributed by atoms with Gasteiger partial charge in [0.05, 0.1) is 0 Å². The van der Waals surface area contributed by atoms with Gasteiger partial charge in [-0.2, -0.15) is 0 Å². The second kappa shape index (κ2) is 8.18. The first-order chi connectivity index (χ1) is 7.34. The van der Waals surface area contributed by atoms with Crippen LogP contribution in [0.3, 0.4) is 0 Å². The minimum absolute atomic E-state index is 0. The van der Waals surface area contributed by atoms with Crippen molar-refractivity contribution in [3.05, 3.63) is 59.2 Å². The fraction of sp³-hybridized carbons (Fsp3) is 0.0833. The Bertz CT molecular complexity index is 435. The van der Waals surface area contributed by atoms with Gasteiger partial charge in [0.2, 0.25) is 0 Å². The van der Waals surface area contributed by atoms with E-state index in [0.717, 1.165) is 22.9 Å². The van der Waals surface area contributed by atoms with Gasteiger partial charge in [0.15, 0.2) is 0 Å². The number of hydrogen-bond acceptors (Lipinski definition) is 2. The Balaban J connectivity index is 0.00000128. The standard InChI is InChI=1S/C12H11ClN2.2ClH/c13-11-5-3-4-10(8-11)9-15-12-6-1-2-7-14-12;;/h1-8H,9H2,(H,14,15);2*1H. The highest BCUT2D eigenvalue weighted by atomic mass is 35.5. The molecule has 0 aliphatic heterocycles. The number of aromatic nitrogens is 1. The molecule has 0 bridgehead atoms. The third kappa shape index (κ3) is 5.26. The van der Waals surface area contributed by atoms with Crippen LogP contribution in [0, 0.1) is 0 Å². The fourth-order valence-electron chi connectivity index (χ4n) is 1.31. The van der Waals surface area contributed by atoms with Crippen molar-refractivity contribution in [2.24, 2.45) is 0 Å². The van der Waals surface area contributed by atoms with Crippen molar-refractivity contribution < 1.29 is 0 Å². The van der Waals surface area contributed by atoms with Crippen molar-refractivity contribution in [2.75, 3.05) is 5.32 Å². The molecule has 1 heterocycles. The molecule has 5 heteroatoms. The van der Waals surface area contributed by atoms with E-state index in [2.05, 4.69) is 10.3 Å². The molecule has 0 atom stereocenters. The molecular weight excluding hydrogens is 279 g/mol. The normalized spacial score (nSPS) is 8.76. The first kappa shape index (κ1) is 16.0. The van der Waals surface area contributed by atoms with Gasteiger partial charge in [0.1, 0.15) is 5.82 Å². The average molecular weight is 292 g/mol. The van der Waals surface area contributed by atoms with Crippen LogP contribution in [0.5, 0.6) is 0 Å². The summed E-state index contributed by atoms with van der Waals surface area (Å²) in [5.74, 6) is 0.873. The molecule has 0 saturated carbocycles. The number of benzene rings is 1. The molecule has 92 valence electrons. The maximum atomic E-state index is 5.88. The number of nitrogens with one attached hydrogen (secondary N) is 1. The molecule has 0 saturated heterocycles. The topological polar surface area (TPSA) is 24.9 Å². The van der Waals surface area contributed by atoms with Crippen LogP contribution in [-0.4, -0.2) is 4.98 Å². The lowest BCUT2D eigenvalue weighted by atomic mass is 10.2. The maximum absolute atomic E-state index is 5.88. The molecule has 0 radical (unpaired) electrons. The van der Waals surface area contributed by atoms with Gasteiger partial charge in [0.25, 0.3) is 0 Å². The van der Waals surface area contributed by atoms with E-state index in [9.17, 15) is 0 Å². The predicted octanol–water partition coefficient (Wildman–Crippen LogP) is 4.19. The number of hydrogen-bond donors (Lipinski definition) is 1. The Morgan fingerprint density at radius 2 is 1.88 bits per heavy atom. The van der Waals surface area contributed by atoms with Gasteiger partial charge in [-0.25, -0.2) is 4.98 Å². The van der Waals surface area contributed by atoms with Crippen LogP contribution >= 0.6 is 36.4 Å². The predicted molar refractivity (Wildman–Crippen MR) is 77.5 cm³/mol. The molecule has 2 nitrogen and oxygen atoms in total. The highest BCUT2D eigenvalue weighted by Crippen LogP contribution is 2.11. The van der Waals surface area contributed by atoms with E-state index >= 15 is 0 Å². The van der Waals surface area contributed by atoms with Crippen molar-refractivity contribution in [3.63, 3.8) is 0 Å². The number of nitrogens with zero attached hydrogens (tertiary/aromatic N) is 1. The first-order valence-electron chi connectivity index (χ1n) is 4.74. The summed E-state index contributed by atoms with van der Waals surface area (Å²) in [5, 5.41) is 3.98. The Morgan fingerprint density at radius 3 is 2.53 bits per heavy atom. The first-order valence-corrected chi connectivity index (χ1v) is 5.12. The molecule has 0 spiro atoms. The molecule has 1 aromatic heterocycles. The largest absolute Gasteiger partial charge is 0.366 e. The zero-order valence-corrected chi connectivity index (χ0v) is 11.4. The minimum Gasteiger partial charge on any atom is -0.366 e. The molecule has 1 aromatic carbocycles. The summed E-state index contributed by atoms with van der Waals surface area (Å²) in [6, 6.07) is 13.6. The third-order valence-electron chi connectivity index (χ3n) is 2.03. The molecule has 0 amide bonds. The Hall–Kier alpha value is -0.960. The fourth-order valence-corrected chi connectivity index (χ4v) is 1.52. The average Bonchev–Trinajstić information content (AvgIpc) is 2.28. The maximum Gasteiger partial charge on any atom is 0.126 e. The van der Waals surface area contributed by atoms with E-state index < -0.39 is 0 Å². The SMILES string of the molecule is Cl.Cl.Clc1cccc(CNc2ccccn2)c1. The summed E-state index contributed by atoms with van der Waals surface area (Å²) in [6.45, 7) is 0.734. The van der Waals surface area contributed by atoms with Crippen molar-refractivity contribution in [1.29, 1.82) is 0 Å². The lowest BCUT2D eigenvalue weighted by Crippen LogP contribution is -2.00. The zero-order chi connectivity index (χ0) is 10.5. The molecule has 1 N–H and O–H groups in total. The molecular formula is C12H13Cl3N2. The monoisotopic (exact) mass is 290 g/mol. The number of halogens is 3. The van der Waals surface area contributed by atoms with Gasteiger partial charge in [0, 0.05) is 17.8 Å². The Labute approximate surface area is 118 Å². The Morgan fingerprint density at radius 1 is 1.06 bits per heavy atom. The summed E-state index contributed by atoms with van der Waals surface area (Å²) < 4.78 is 0. The van der Waals surface area contributed by atoms with E-state index in [1.165, 1.54) is 0 Å². The van der Waals surface area contributed by atoms with Crippen LogP contribution in [0.25, 0.3) is 0 Å². The van der Waals surface area contributed by atoms with Gasteiger partial charge in [-0.05, 0) is 29.8 Å². The quantitative estimate of drug-likeness (QED) is 0.917. The van der Waals surface area contributed by atoms with Gasteiger partial charge in [-0.3, -0.25) is 0 Å². The van der Waals surface area contributed by atoms with Crippen LogP contribution in [0.15, 0.2) is 48.7 Å². The van der Waals surface area contributed by atoms with Crippen LogP contribution in [0.4, 0.5) is 5.82 Å². The van der Waals surface area contributed by atoms with Crippen molar-refractivity contribution in [2.45, 2.75) is 6.54 Å². The van der Waals surface area contributed by atoms with Gasteiger partial charge in [-0.15, -0.1) is 24.8 Å². The van der Waals surface area contributed by atoms with Gasteiger partial charge in [-0.1, -0.05) is 29.8 Å². The second-order valence-electron chi connectivity index (χ2n) is 3.20. The summed E-state index contributed by atoms with van der Waals surface area (Å²) in [6.07, 6.45) is 1.76. The van der Waals surface area contributed by atoms with E-state index in [1.807, 2.05) is 42.5 Å². The molecule has 0 aliphatic carbocycles.